The number of hydrogen-bond donors (Lipinski definition) is 1. The first kappa shape index (κ1) is 12.5. The van der Waals surface area contributed by atoms with Crippen LogP contribution >= 0.6 is 0 Å². The molecule has 5 heteroatoms. The highest BCUT2D eigenvalue weighted by Gasteiger charge is 2.10. The monoisotopic (exact) mass is 271 g/mol. The predicted molar refractivity (Wildman–Crippen MR) is 76.2 cm³/mol. The zero-order valence-electron chi connectivity index (χ0n) is 11.0. The van der Waals surface area contributed by atoms with E-state index in [0.29, 0.717) is 23.7 Å². The number of hydrogen-bond acceptors (Lipinski definition) is 3. The molecule has 0 aliphatic rings. The van der Waals surface area contributed by atoms with Gasteiger partial charge in [0.05, 0.1) is 19.2 Å². The maximum absolute atomic E-state index is 14.0. The van der Waals surface area contributed by atoms with E-state index in [0.717, 1.165) is 10.9 Å². The Balaban J connectivity index is 2.01. The van der Waals surface area contributed by atoms with Crippen LogP contribution in [0.4, 0.5) is 10.2 Å². The van der Waals surface area contributed by atoms with Crippen LogP contribution in [0, 0.1) is 5.82 Å². The summed E-state index contributed by atoms with van der Waals surface area (Å²) in [6.45, 7) is 0.327. The van der Waals surface area contributed by atoms with Gasteiger partial charge in [-0.2, -0.15) is 5.10 Å². The van der Waals surface area contributed by atoms with Gasteiger partial charge in [-0.15, -0.1) is 0 Å². The third kappa shape index (κ3) is 2.07. The van der Waals surface area contributed by atoms with Gasteiger partial charge in [-0.25, -0.2) is 4.39 Å². The number of fused-ring (bicyclic) bond motifs is 1. The van der Waals surface area contributed by atoms with Crippen molar-refractivity contribution in [3.8, 4) is 5.75 Å². The largest absolute Gasteiger partial charge is 0.497 e. The number of ether oxygens (including phenoxy) is 1. The van der Waals surface area contributed by atoms with E-state index in [4.69, 9.17) is 10.5 Å². The molecule has 0 aliphatic heterocycles. The summed E-state index contributed by atoms with van der Waals surface area (Å²) in [5, 5.41) is 5.14. The molecule has 0 aliphatic carbocycles. The van der Waals surface area contributed by atoms with E-state index in [1.54, 1.807) is 16.8 Å². The Bertz CT molecular complexity index is 767. The highest BCUT2D eigenvalue weighted by molar-refractivity contribution is 5.89. The summed E-state index contributed by atoms with van der Waals surface area (Å²) in [7, 11) is 1.51. The molecule has 0 bridgehead atoms. The minimum Gasteiger partial charge on any atom is -0.497 e. The van der Waals surface area contributed by atoms with Crippen molar-refractivity contribution in [1.82, 2.24) is 9.78 Å². The topological polar surface area (TPSA) is 53.1 Å². The normalized spacial score (nSPS) is 10.9. The van der Waals surface area contributed by atoms with Crippen molar-refractivity contribution >= 4 is 16.7 Å². The van der Waals surface area contributed by atoms with Crippen LogP contribution in [0.5, 0.6) is 5.75 Å². The van der Waals surface area contributed by atoms with Crippen LogP contribution < -0.4 is 10.5 Å². The Morgan fingerprint density at radius 1 is 1.25 bits per heavy atom. The smallest absolute Gasteiger partial charge is 0.153 e. The summed E-state index contributed by atoms with van der Waals surface area (Å²) < 4.78 is 20.7. The molecule has 2 N–H and O–H groups in total. The lowest BCUT2D eigenvalue weighted by Gasteiger charge is -2.07. The Morgan fingerprint density at radius 3 is 2.80 bits per heavy atom. The molecule has 0 unspecified atom stereocenters. The number of methoxy groups -OCH3 is 1. The van der Waals surface area contributed by atoms with E-state index >= 15 is 0 Å². The predicted octanol–water partition coefficient (Wildman–Crippen LogP) is 2.81. The summed E-state index contributed by atoms with van der Waals surface area (Å²) in [5.74, 6) is 0.633. The van der Waals surface area contributed by atoms with E-state index < -0.39 is 0 Å². The zero-order chi connectivity index (χ0) is 14.1. The number of nitrogen functional groups attached to an aromatic ring is 1. The highest BCUT2D eigenvalue weighted by atomic mass is 19.1. The minimum atomic E-state index is -0.317. The molecule has 2 aromatic carbocycles. The van der Waals surface area contributed by atoms with Gasteiger partial charge in [0.2, 0.25) is 0 Å². The number of aromatic nitrogens is 2. The third-order valence-electron chi connectivity index (χ3n) is 3.27. The van der Waals surface area contributed by atoms with Crippen molar-refractivity contribution in [1.29, 1.82) is 0 Å². The molecule has 1 aromatic heterocycles. The number of anilines is 1. The number of nitrogens with zero attached hydrogens (tertiary/aromatic N) is 2. The molecule has 0 radical (unpaired) electrons. The summed E-state index contributed by atoms with van der Waals surface area (Å²) in [4.78, 5) is 0. The first-order valence-corrected chi connectivity index (χ1v) is 6.22. The minimum absolute atomic E-state index is 0.317. The number of nitrogens with two attached hydrogens (primary N) is 1. The summed E-state index contributed by atoms with van der Waals surface area (Å²) in [6, 6.07) is 12.4. The molecule has 1 heterocycles. The van der Waals surface area contributed by atoms with Gasteiger partial charge in [0.1, 0.15) is 11.6 Å². The van der Waals surface area contributed by atoms with Crippen molar-refractivity contribution < 1.29 is 9.13 Å². The number of benzene rings is 2. The summed E-state index contributed by atoms with van der Waals surface area (Å²) in [6.07, 6.45) is 0. The molecule has 3 rings (SSSR count). The Labute approximate surface area is 115 Å². The van der Waals surface area contributed by atoms with E-state index in [1.165, 1.54) is 13.2 Å². The molecule has 102 valence electrons. The average Bonchev–Trinajstić information content (AvgIpc) is 2.78. The molecule has 0 amide bonds. The van der Waals surface area contributed by atoms with Gasteiger partial charge in [0.15, 0.2) is 5.82 Å². The number of rotatable bonds is 3. The van der Waals surface area contributed by atoms with E-state index in [1.807, 2.05) is 24.3 Å². The van der Waals surface area contributed by atoms with E-state index in [2.05, 4.69) is 5.10 Å². The van der Waals surface area contributed by atoms with Crippen LogP contribution in [0.25, 0.3) is 10.9 Å². The second kappa shape index (κ2) is 4.85. The molecule has 4 nitrogen and oxygen atoms in total. The van der Waals surface area contributed by atoms with Crippen molar-refractivity contribution in [3.05, 3.63) is 53.8 Å². The lowest BCUT2D eigenvalue weighted by molar-refractivity contribution is 0.410. The first-order valence-electron chi connectivity index (χ1n) is 6.22. The fourth-order valence-corrected chi connectivity index (χ4v) is 2.22. The van der Waals surface area contributed by atoms with Crippen molar-refractivity contribution in [2.75, 3.05) is 12.8 Å². The van der Waals surface area contributed by atoms with Gasteiger partial charge in [-0.1, -0.05) is 18.2 Å². The standard InChI is InChI=1S/C15H14FN3O/c1-20-11-7-6-10(13(16)8-11)9-19-14-5-3-2-4-12(14)15(17)18-19/h2-8H,9H2,1H3,(H2,17,18). The van der Waals surface area contributed by atoms with Crippen LogP contribution in [0.15, 0.2) is 42.5 Å². The van der Waals surface area contributed by atoms with Crippen molar-refractivity contribution in [2.24, 2.45) is 0 Å². The lowest BCUT2D eigenvalue weighted by Crippen LogP contribution is -2.04. The van der Waals surface area contributed by atoms with Crippen LogP contribution in [0.3, 0.4) is 0 Å². The SMILES string of the molecule is COc1ccc(Cn2nc(N)c3ccccc32)c(F)c1. The lowest BCUT2D eigenvalue weighted by atomic mass is 10.2. The summed E-state index contributed by atoms with van der Waals surface area (Å²) >= 11 is 0. The fourth-order valence-electron chi connectivity index (χ4n) is 2.22. The Morgan fingerprint density at radius 2 is 2.05 bits per heavy atom. The molecule has 3 aromatic rings. The quantitative estimate of drug-likeness (QED) is 0.797. The Hall–Kier alpha value is -2.56. The molecule has 0 spiro atoms. The second-order valence-electron chi connectivity index (χ2n) is 4.52. The maximum atomic E-state index is 14.0. The van der Waals surface area contributed by atoms with Crippen LogP contribution in [0.2, 0.25) is 0 Å². The molecule has 20 heavy (non-hydrogen) atoms. The van der Waals surface area contributed by atoms with Gasteiger partial charge in [-0.3, -0.25) is 4.68 Å². The molecule has 0 atom stereocenters. The maximum Gasteiger partial charge on any atom is 0.153 e. The number of para-hydroxylation sites is 1. The molecular weight excluding hydrogens is 257 g/mol. The van der Waals surface area contributed by atoms with Gasteiger partial charge >= 0.3 is 0 Å². The van der Waals surface area contributed by atoms with Gasteiger partial charge in [0.25, 0.3) is 0 Å². The van der Waals surface area contributed by atoms with E-state index in [9.17, 15) is 4.39 Å². The van der Waals surface area contributed by atoms with Gasteiger partial charge in [-0.05, 0) is 18.2 Å². The average molecular weight is 271 g/mol. The Kier molecular flexibility index (Phi) is 3.02. The van der Waals surface area contributed by atoms with Crippen molar-refractivity contribution in [3.63, 3.8) is 0 Å². The number of halogens is 1. The molecule has 0 fully saturated rings. The first-order chi connectivity index (χ1) is 9.69. The highest BCUT2D eigenvalue weighted by Crippen LogP contribution is 2.22. The fraction of sp³-hybridized carbons (Fsp3) is 0.133. The van der Waals surface area contributed by atoms with Crippen LogP contribution in [-0.4, -0.2) is 16.9 Å². The second-order valence-corrected chi connectivity index (χ2v) is 4.52. The molecular formula is C15H14FN3O. The molecule has 0 saturated carbocycles. The van der Waals surface area contributed by atoms with Crippen LogP contribution in [0.1, 0.15) is 5.56 Å². The summed E-state index contributed by atoms with van der Waals surface area (Å²) in [5.41, 5.74) is 7.30. The zero-order valence-corrected chi connectivity index (χ0v) is 11.0. The third-order valence-corrected chi connectivity index (χ3v) is 3.27. The van der Waals surface area contributed by atoms with E-state index in [-0.39, 0.29) is 5.82 Å². The van der Waals surface area contributed by atoms with Gasteiger partial charge < -0.3 is 10.5 Å². The van der Waals surface area contributed by atoms with Gasteiger partial charge in [0, 0.05) is 17.0 Å². The van der Waals surface area contributed by atoms with Crippen LogP contribution in [-0.2, 0) is 6.54 Å². The molecule has 0 saturated heterocycles. The van der Waals surface area contributed by atoms with Crippen molar-refractivity contribution in [2.45, 2.75) is 6.54 Å².